The average Bonchev–Trinajstić information content (AvgIpc) is 3.01. The molecule has 9 nitrogen and oxygen atoms in total. The topological polar surface area (TPSA) is 111 Å². The molecule has 47 heavy (non-hydrogen) atoms. The Hall–Kier alpha value is -1.25. The smallest absolute Gasteiger partial charge is 0.306 e. The van der Waals surface area contributed by atoms with Gasteiger partial charge in [-0.3, -0.25) is 14.2 Å². The highest BCUT2D eigenvalue weighted by Gasteiger charge is 2.21. The maximum Gasteiger partial charge on any atom is 0.306 e. The van der Waals surface area contributed by atoms with Crippen molar-refractivity contribution in [2.75, 3.05) is 47.5 Å². The number of quaternary nitrogens is 1. The van der Waals surface area contributed by atoms with Crippen LogP contribution < -0.4 is 4.89 Å². The minimum atomic E-state index is -4.61. The lowest BCUT2D eigenvalue weighted by atomic mass is 10.1. The van der Waals surface area contributed by atoms with Crippen LogP contribution in [-0.2, 0) is 32.7 Å². The second-order valence-electron chi connectivity index (χ2n) is 13.9. The Labute approximate surface area is 288 Å². The van der Waals surface area contributed by atoms with Crippen molar-refractivity contribution in [1.82, 2.24) is 0 Å². The Bertz CT molecular complexity index is 830. The van der Waals surface area contributed by atoms with E-state index in [-0.39, 0.29) is 32.0 Å². The molecule has 0 saturated carbocycles. The Kier molecular flexibility index (Phi) is 30.0. The Balaban J connectivity index is 4.36. The van der Waals surface area contributed by atoms with Crippen molar-refractivity contribution in [1.29, 1.82) is 0 Å². The molecule has 10 heteroatoms. The number of hydrogen-bond acceptors (Lipinski definition) is 8. The maximum atomic E-state index is 12.5. The van der Waals surface area contributed by atoms with Crippen molar-refractivity contribution < 1.29 is 42.1 Å². The molecule has 0 rings (SSSR count). The molecule has 278 valence electrons. The lowest BCUT2D eigenvalue weighted by Crippen LogP contribution is -2.37. The van der Waals surface area contributed by atoms with Gasteiger partial charge in [-0.15, -0.1) is 0 Å². The maximum absolute atomic E-state index is 12.5. The van der Waals surface area contributed by atoms with E-state index in [1.807, 2.05) is 21.1 Å². The third-order valence-electron chi connectivity index (χ3n) is 8.04. The number of allylic oxidation sites excluding steroid dienone is 2. The van der Waals surface area contributed by atoms with E-state index in [2.05, 4.69) is 26.0 Å². The highest BCUT2D eigenvalue weighted by molar-refractivity contribution is 7.45. The summed E-state index contributed by atoms with van der Waals surface area (Å²) in [5, 5.41) is 0. The molecule has 0 aromatic rings. The first-order valence-electron chi connectivity index (χ1n) is 18.9. The van der Waals surface area contributed by atoms with Crippen LogP contribution in [0.25, 0.3) is 0 Å². The summed E-state index contributed by atoms with van der Waals surface area (Å²) < 4.78 is 33.6. The number of carbonyl (C=O) groups is 2. The molecule has 0 radical (unpaired) electrons. The number of hydrogen-bond donors (Lipinski definition) is 0. The fourth-order valence-electron chi connectivity index (χ4n) is 4.99. The fraction of sp³-hybridized carbons (Fsp3) is 0.892. The molecule has 0 spiro atoms. The van der Waals surface area contributed by atoms with Crippen molar-refractivity contribution in [2.45, 2.75) is 168 Å². The lowest BCUT2D eigenvalue weighted by Gasteiger charge is -2.28. The van der Waals surface area contributed by atoms with E-state index in [0.29, 0.717) is 17.4 Å². The third kappa shape index (κ3) is 34.4. The molecular formula is C37H72NO8P. The summed E-state index contributed by atoms with van der Waals surface area (Å²) in [6, 6.07) is 0. The molecule has 0 aliphatic rings. The molecule has 0 amide bonds. The molecule has 0 saturated heterocycles. The quantitative estimate of drug-likeness (QED) is 0.0216. The van der Waals surface area contributed by atoms with Gasteiger partial charge in [0.1, 0.15) is 19.8 Å². The van der Waals surface area contributed by atoms with Gasteiger partial charge in [-0.2, -0.15) is 0 Å². The predicted octanol–water partition coefficient (Wildman–Crippen LogP) is 9.22. The molecule has 0 aliphatic heterocycles. The van der Waals surface area contributed by atoms with Crippen molar-refractivity contribution in [2.24, 2.45) is 0 Å². The molecule has 0 aliphatic carbocycles. The van der Waals surface area contributed by atoms with Gasteiger partial charge < -0.3 is 27.9 Å². The van der Waals surface area contributed by atoms with Crippen LogP contribution in [0, 0.1) is 0 Å². The van der Waals surface area contributed by atoms with E-state index in [1.54, 1.807) is 0 Å². The first kappa shape index (κ1) is 45.8. The van der Waals surface area contributed by atoms with Crippen LogP contribution in [0.4, 0.5) is 0 Å². The number of rotatable bonds is 34. The highest BCUT2D eigenvalue weighted by atomic mass is 31.2. The molecule has 0 heterocycles. The van der Waals surface area contributed by atoms with E-state index >= 15 is 0 Å². The van der Waals surface area contributed by atoms with E-state index in [0.717, 1.165) is 38.5 Å². The number of carbonyl (C=O) groups excluding carboxylic acids is 2. The zero-order valence-electron chi connectivity index (χ0n) is 31.0. The number of unbranched alkanes of at least 4 members (excludes halogenated alkanes) is 18. The zero-order chi connectivity index (χ0) is 35.1. The largest absolute Gasteiger partial charge is 0.756 e. The molecule has 2 atom stereocenters. The highest BCUT2D eigenvalue weighted by Crippen LogP contribution is 2.38. The van der Waals surface area contributed by atoms with Crippen LogP contribution >= 0.6 is 7.82 Å². The lowest BCUT2D eigenvalue weighted by molar-refractivity contribution is -0.870. The van der Waals surface area contributed by atoms with E-state index in [4.69, 9.17) is 18.5 Å². The molecule has 0 fully saturated rings. The standard InChI is InChI=1S/C37H72NO8P/c1-6-8-10-12-14-16-17-18-19-20-21-22-24-25-27-29-36(39)43-33-35(34-45-47(41,42)44-32-31-38(3,4)5)46-37(40)30-28-26-23-15-13-11-9-7-2/h12,14,35H,6-11,13,15-34H2,1-5H3/b14-12+/t35-/m0/s1. The third-order valence-corrected chi connectivity index (χ3v) is 9.00. The second kappa shape index (κ2) is 30.8. The van der Waals surface area contributed by atoms with Crippen molar-refractivity contribution >= 4 is 19.8 Å². The van der Waals surface area contributed by atoms with Crippen LogP contribution in [0.1, 0.15) is 162 Å². The SMILES string of the molecule is CCCC/C=C/CCCCCCCCCCCC(=O)OC[C@@H](COP(=O)([O-])OCC[N+](C)(C)C)OC(=O)CCCCCCCCCC. The Morgan fingerprint density at radius 2 is 1.11 bits per heavy atom. The minimum absolute atomic E-state index is 0.0285. The summed E-state index contributed by atoms with van der Waals surface area (Å²) in [6.45, 7) is 4.15. The first-order chi connectivity index (χ1) is 22.5. The Morgan fingerprint density at radius 1 is 0.638 bits per heavy atom. The number of nitrogens with zero attached hydrogens (tertiary/aromatic N) is 1. The average molecular weight is 690 g/mol. The number of likely N-dealkylation sites (N-methyl/N-ethyl adjacent to an activating group) is 1. The summed E-state index contributed by atoms with van der Waals surface area (Å²) in [4.78, 5) is 37.2. The minimum Gasteiger partial charge on any atom is -0.756 e. The van der Waals surface area contributed by atoms with E-state index in [9.17, 15) is 19.0 Å². The van der Waals surface area contributed by atoms with Crippen molar-refractivity contribution in [3.8, 4) is 0 Å². The van der Waals surface area contributed by atoms with Crippen LogP contribution in [0.15, 0.2) is 12.2 Å². The first-order valence-corrected chi connectivity index (χ1v) is 20.4. The normalized spacial score (nSPS) is 13.9. The summed E-state index contributed by atoms with van der Waals surface area (Å²) in [6.07, 6.45) is 28.2. The van der Waals surface area contributed by atoms with Gasteiger partial charge in [0.2, 0.25) is 0 Å². The molecule has 0 bridgehead atoms. The summed E-state index contributed by atoms with van der Waals surface area (Å²) in [5.41, 5.74) is 0. The monoisotopic (exact) mass is 689 g/mol. The van der Waals surface area contributed by atoms with Gasteiger partial charge in [-0.25, -0.2) is 0 Å². The molecular weight excluding hydrogens is 617 g/mol. The fourth-order valence-corrected chi connectivity index (χ4v) is 5.72. The molecule has 0 N–H and O–H groups in total. The summed E-state index contributed by atoms with van der Waals surface area (Å²) >= 11 is 0. The van der Waals surface area contributed by atoms with Gasteiger partial charge in [-0.1, -0.05) is 129 Å². The zero-order valence-corrected chi connectivity index (χ0v) is 31.9. The van der Waals surface area contributed by atoms with E-state index < -0.39 is 26.5 Å². The summed E-state index contributed by atoms with van der Waals surface area (Å²) in [5.74, 6) is -0.839. The predicted molar refractivity (Wildman–Crippen MR) is 190 cm³/mol. The molecule has 1 unspecified atom stereocenters. The molecule has 0 aromatic carbocycles. The summed E-state index contributed by atoms with van der Waals surface area (Å²) in [7, 11) is 1.17. The number of phosphoric acid groups is 1. The van der Waals surface area contributed by atoms with Crippen LogP contribution in [-0.4, -0.2) is 70.0 Å². The van der Waals surface area contributed by atoms with Crippen molar-refractivity contribution in [3.63, 3.8) is 0 Å². The van der Waals surface area contributed by atoms with Gasteiger partial charge >= 0.3 is 11.9 Å². The van der Waals surface area contributed by atoms with Gasteiger partial charge in [0.15, 0.2) is 6.10 Å². The number of esters is 2. The van der Waals surface area contributed by atoms with Crippen LogP contribution in [0.5, 0.6) is 0 Å². The van der Waals surface area contributed by atoms with Gasteiger partial charge in [0.05, 0.1) is 27.7 Å². The van der Waals surface area contributed by atoms with Gasteiger partial charge in [0, 0.05) is 12.8 Å². The number of phosphoric ester groups is 1. The van der Waals surface area contributed by atoms with Crippen LogP contribution in [0.3, 0.4) is 0 Å². The Morgan fingerprint density at radius 3 is 1.64 bits per heavy atom. The van der Waals surface area contributed by atoms with Gasteiger partial charge in [-0.05, 0) is 32.1 Å². The second-order valence-corrected chi connectivity index (χ2v) is 15.4. The van der Waals surface area contributed by atoms with E-state index in [1.165, 1.54) is 89.9 Å². The van der Waals surface area contributed by atoms with Gasteiger partial charge in [0.25, 0.3) is 7.82 Å². The van der Waals surface area contributed by atoms with Crippen molar-refractivity contribution in [3.05, 3.63) is 12.2 Å². The number of ether oxygens (including phenoxy) is 2. The van der Waals surface area contributed by atoms with Crippen LogP contribution in [0.2, 0.25) is 0 Å². The molecule has 0 aromatic heterocycles.